The van der Waals surface area contributed by atoms with Crippen LogP contribution in [0.4, 0.5) is 4.79 Å². The number of carbonyl (C=O) groups is 2. The van der Waals surface area contributed by atoms with Crippen LogP contribution in [-0.2, 0) is 4.79 Å². The summed E-state index contributed by atoms with van der Waals surface area (Å²) >= 11 is 0. The van der Waals surface area contributed by atoms with Gasteiger partial charge in [0.1, 0.15) is 0 Å². The topological polar surface area (TPSA) is 95.7 Å². The Morgan fingerprint density at radius 2 is 1.74 bits per heavy atom. The van der Waals surface area contributed by atoms with E-state index < -0.39 is 5.97 Å². The molecule has 6 heteroatoms. The van der Waals surface area contributed by atoms with Crippen molar-refractivity contribution in [2.75, 3.05) is 26.2 Å². The SMILES string of the molecule is CCCNCCC(=O)O.NC(=O)N1CCCCCC1. The van der Waals surface area contributed by atoms with Crippen LogP contribution in [0.5, 0.6) is 0 Å². The molecule has 0 spiro atoms. The highest BCUT2D eigenvalue weighted by atomic mass is 16.4. The molecule has 0 atom stereocenters. The third kappa shape index (κ3) is 11.5. The highest BCUT2D eigenvalue weighted by Crippen LogP contribution is 2.08. The molecule has 4 N–H and O–H groups in total. The molecule has 0 aromatic heterocycles. The molecule has 19 heavy (non-hydrogen) atoms. The van der Waals surface area contributed by atoms with E-state index in [-0.39, 0.29) is 12.5 Å². The van der Waals surface area contributed by atoms with E-state index >= 15 is 0 Å². The molecular formula is C13H27N3O3. The minimum Gasteiger partial charge on any atom is -0.481 e. The predicted octanol–water partition coefficient (Wildman–Crippen LogP) is 1.40. The number of nitrogens with two attached hydrogens (primary N) is 1. The van der Waals surface area contributed by atoms with Crippen molar-refractivity contribution in [1.82, 2.24) is 10.2 Å². The lowest BCUT2D eigenvalue weighted by molar-refractivity contribution is -0.136. The van der Waals surface area contributed by atoms with Gasteiger partial charge in [-0.3, -0.25) is 4.79 Å². The van der Waals surface area contributed by atoms with Crippen molar-refractivity contribution in [3.8, 4) is 0 Å². The van der Waals surface area contributed by atoms with E-state index in [0.29, 0.717) is 6.54 Å². The van der Waals surface area contributed by atoms with Crippen LogP contribution in [0.25, 0.3) is 0 Å². The number of amides is 2. The Labute approximate surface area is 115 Å². The average molecular weight is 273 g/mol. The second-order valence-electron chi connectivity index (χ2n) is 4.63. The average Bonchev–Trinajstić information content (AvgIpc) is 2.64. The predicted molar refractivity (Wildman–Crippen MR) is 75.0 cm³/mol. The molecule has 1 saturated heterocycles. The van der Waals surface area contributed by atoms with E-state index in [1.807, 2.05) is 6.92 Å². The van der Waals surface area contributed by atoms with Gasteiger partial charge >= 0.3 is 12.0 Å². The minimum absolute atomic E-state index is 0.222. The molecular weight excluding hydrogens is 246 g/mol. The first kappa shape index (κ1) is 17.7. The maximum atomic E-state index is 10.7. The van der Waals surface area contributed by atoms with Gasteiger partial charge in [-0.05, 0) is 25.8 Å². The van der Waals surface area contributed by atoms with Crippen LogP contribution < -0.4 is 11.1 Å². The number of carboxylic acid groups (broad SMARTS) is 1. The maximum Gasteiger partial charge on any atom is 0.314 e. The van der Waals surface area contributed by atoms with Crippen molar-refractivity contribution in [3.05, 3.63) is 0 Å². The van der Waals surface area contributed by atoms with Gasteiger partial charge in [-0.25, -0.2) is 4.79 Å². The van der Waals surface area contributed by atoms with E-state index in [1.165, 1.54) is 12.8 Å². The Morgan fingerprint density at radius 1 is 1.16 bits per heavy atom. The molecule has 6 nitrogen and oxygen atoms in total. The zero-order valence-electron chi connectivity index (χ0n) is 11.9. The van der Waals surface area contributed by atoms with Crippen LogP contribution in [0.1, 0.15) is 45.4 Å². The van der Waals surface area contributed by atoms with E-state index in [2.05, 4.69) is 5.32 Å². The summed E-state index contributed by atoms with van der Waals surface area (Å²) in [5.41, 5.74) is 5.12. The molecule has 1 fully saturated rings. The molecule has 0 bridgehead atoms. The fraction of sp³-hybridized carbons (Fsp3) is 0.846. The number of aliphatic carboxylic acids is 1. The first-order chi connectivity index (χ1) is 9.07. The highest BCUT2D eigenvalue weighted by Gasteiger charge is 2.10. The minimum atomic E-state index is -0.737. The van der Waals surface area contributed by atoms with Crippen LogP contribution in [-0.4, -0.2) is 48.2 Å². The lowest BCUT2D eigenvalue weighted by atomic mass is 10.2. The molecule has 0 saturated carbocycles. The van der Waals surface area contributed by atoms with Crippen LogP contribution in [0.2, 0.25) is 0 Å². The number of nitrogens with one attached hydrogen (secondary N) is 1. The van der Waals surface area contributed by atoms with Gasteiger partial charge in [0.05, 0.1) is 6.42 Å². The first-order valence-electron chi connectivity index (χ1n) is 7.04. The molecule has 0 unspecified atom stereocenters. The first-order valence-corrected chi connectivity index (χ1v) is 7.04. The number of nitrogens with zero attached hydrogens (tertiary/aromatic N) is 1. The largest absolute Gasteiger partial charge is 0.481 e. The van der Waals surface area contributed by atoms with E-state index in [9.17, 15) is 9.59 Å². The van der Waals surface area contributed by atoms with Gasteiger partial charge in [-0.1, -0.05) is 19.8 Å². The van der Waals surface area contributed by atoms with E-state index in [0.717, 1.165) is 38.9 Å². The number of hydrogen-bond donors (Lipinski definition) is 3. The molecule has 1 aliphatic heterocycles. The summed E-state index contributed by atoms with van der Waals surface area (Å²) in [5.74, 6) is -0.737. The van der Waals surface area contributed by atoms with Crippen LogP contribution >= 0.6 is 0 Å². The van der Waals surface area contributed by atoms with Crippen molar-refractivity contribution in [3.63, 3.8) is 0 Å². The van der Waals surface area contributed by atoms with Crippen molar-refractivity contribution in [1.29, 1.82) is 0 Å². The number of hydrogen-bond acceptors (Lipinski definition) is 3. The monoisotopic (exact) mass is 273 g/mol. The van der Waals surface area contributed by atoms with Crippen molar-refractivity contribution in [2.24, 2.45) is 5.73 Å². The van der Waals surface area contributed by atoms with Gasteiger partial charge in [0.25, 0.3) is 0 Å². The molecule has 0 aromatic carbocycles. The molecule has 1 rings (SSSR count). The van der Waals surface area contributed by atoms with E-state index in [1.54, 1.807) is 4.90 Å². The molecule has 0 radical (unpaired) electrons. The molecule has 1 heterocycles. The number of likely N-dealkylation sites (tertiary alicyclic amines) is 1. The van der Waals surface area contributed by atoms with E-state index in [4.69, 9.17) is 10.8 Å². The summed E-state index contributed by atoms with van der Waals surface area (Å²) < 4.78 is 0. The summed E-state index contributed by atoms with van der Waals surface area (Å²) in [6.45, 7) is 5.26. The fourth-order valence-corrected chi connectivity index (χ4v) is 1.79. The highest BCUT2D eigenvalue weighted by molar-refractivity contribution is 5.71. The Morgan fingerprint density at radius 3 is 2.16 bits per heavy atom. The standard InChI is InChI=1S/C7H14N2O.C6H13NO2/c8-7(10)9-5-3-1-2-4-6-9;1-2-4-7-5-3-6(8)9/h1-6H2,(H2,8,10);7H,2-5H2,1H3,(H,8,9). The third-order valence-electron chi connectivity index (χ3n) is 2.86. The summed E-state index contributed by atoms with van der Waals surface area (Å²) in [6.07, 6.45) is 5.99. The Bertz CT molecular complexity index is 252. The van der Waals surface area contributed by atoms with Crippen molar-refractivity contribution in [2.45, 2.75) is 45.4 Å². The normalized spacial score (nSPS) is 15.1. The van der Waals surface area contributed by atoms with Gasteiger partial charge in [0.2, 0.25) is 0 Å². The number of carbonyl (C=O) groups excluding carboxylic acids is 1. The lowest BCUT2D eigenvalue weighted by Crippen LogP contribution is -2.36. The van der Waals surface area contributed by atoms with Gasteiger partial charge < -0.3 is 21.1 Å². The summed E-state index contributed by atoms with van der Waals surface area (Å²) in [5, 5.41) is 11.2. The third-order valence-corrected chi connectivity index (χ3v) is 2.86. The van der Waals surface area contributed by atoms with Gasteiger partial charge in [0.15, 0.2) is 0 Å². The smallest absolute Gasteiger partial charge is 0.314 e. The molecule has 0 aromatic rings. The Balaban J connectivity index is 0.000000344. The summed E-state index contributed by atoms with van der Waals surface area (Å²) in [6, 6.07) is -0.262. The second kappa shape index (κ2) is 11.8. The van der Waals surface area contributed by atoms with Crippen molar-refractivity contribution < 1.29 is 14.7 Å². The number of carboxylic acids is 1. The summed E-state index contributed by atoms with van der Waals surface area (Å²) in [7, 11) is 0. The zero-order valence-corrected chi connectivity index (χ0v) is 11.9. The number of rotatable bonds is 5. The molecule has 1 aliphatic rings. The summed E-state index contributed by atoms with van der Waals surface area (Å²) in [4.78, 5) is 22.3. The fourth-order valence-electron chi connectivity index (χ4n) is 1.79. The maximum absolute atomic E-state index is 10.7. The van der Waals surface area contributed by atoms with Gasteiger partial charge in [0, 0.05) is 19.6 Å². The van der Waals surface area contributed by atoms with Crippen molar-refractivity contribution >= 4 is 12.0 Å². The number of primary amides is 1. The van der Waals surface area contributed by atoms with Crippen LogP contribution in [0.15, 0.2) is 0 Å². The quantitative estimate of drug-likeness (QED) is 0.660. The Kier molecular flexibility index (Phi) is 11.0. The second-order valence-corrected chi connectivity index (χ2v) is 4.63. The lowest BCUT2D eigenvalue weighted by Gasteiger charge is -2.16. The van der Waals surface area contributed by atoms with Crippen LogP contribution in [0.3, 0.4) is 0 Å². The molecule has 112 valence electrons. The van der Waals surface area contributed by atoms with Gasteiger partial charge in [-0.2, -0.15) is 0 Å². The van der Waals surface area contributed by atoms with Crippen LogP contribution in [0, 0.1) is 0 Å². The van der Waals surface area contributed by atoms with Gasteiger partial charge in [-0.15, -0.1) is 0 Å². The Hall–Kier alpha value is -1.30. The number of urea groups is 1. The molecule has 2 amide bonds. The zero-order chi connectivity index (χ0) is 14.5. The molecule has 0 aliphatic carbocycles.